The van der Waals surface area contributed by atoms with Gasteiger partial charge in [0.05, 0.1) is 12.1 Å². The molecule has 0 aliphatic carbocycles. The van der Waals surface area contributed by atoms with Crippen LogP contribution in [-0.4, -0.2) is 80.9 Å². The van der Waals surface area contributed by atoms with Crippen LogP contribution in [0, 0.1) is 0 Å². The van der Waals surface area contributed by atoms with Crippen molar-refractivity contribution < 1.29 is 60.6 Å². The SMILES string of the molecule is COC(c1ccccc1)C(O)(O)NC(O)(O)C(O)(O)c1c(O)c(O)c(NC(=O)Cc2csc(N)n2)c(O)c1O. The third-order valence-corrected chi connectivity index (χ3v) is 6.19. The molecule has 17 heteroatoms. The summed E-state index contributed by atoms with van der Waals surface area (Å²) in [5.74, 6) is -19.1. The number of aliphatic hydroxyl groups is 6. The van der Waals surface area contributed by atoms with Crippen LogP contribution in [0.1, 0.15) is 22.9 Å². The normalized spacial score (nSPS) is 13.3. The maximum Gasteiger partial charge on any atom is 0.288 e. The molecule has 16 nitrogen and oxygen atoms in total. The van der Waals surface area contributed by atoms with Gasteiger partial charge in [0, 0.05) is 12.5 Å². The number of nitrogens with two attached hydrogens (primary N) is 1. The quantitative estimate of drug-likeness (QED) is 0.0721. The molecule has 0 saturated carbocycles. The molecule has 0 aliphatic heterocycles. The predicted molar refractivity (Wildman–Crippen MR) is 132 cm³/mol. The van der Waals surface area contributed by atoms with Crippen molar-refractivity contribution in [3.05, 3.63) is 52.5 Å². The van der Waals surface area contributed by atoms with Crippen LogP contribution in [0.3, 0.4) is 0 Å². The lowest BCUT2D eigenvalue weighted by atomic mass is 9.96. The van der Waals surface area contributed by atoms with Crippen molar-refractivity contribution in [3.8, 4) is 23.0 Å². The van der Waals surface area contributed by atoms with Crippen molar-refractivity contribution in [1.29, 1.82) is 0 Å². The first-order valence-corrected chi connectivity index (χ1v) is 11.6. The van der Waals surface area contributed by atoms with E-state index in [4.69, 9.17) is 10.5 Å². The lowest BCUT2D eigenvalue weighted by molar-refractivity contribution is -0.416. The Morgan fingerprint density at radius 1 is 1.00 bits per heavy atom. The molecule has 0 aliphatic rings. The first-order chi connectivity index (χ1) is 18.0. The fraction of sp³-hybridized carbons (Fsp3) is 0.273. The van der Waals surface area contributed by atoms with E-state index in [0.29, 0.717) is 0 Å². The molecule has 0 saturated heterocycles. The molecule has 212 valence electrons. The highest BCUT2D eigenvalue weighted by molar-refractivity contribution is 7.13. The number of phenols is 4. The highest BCUT2D eigenvalue weighted by Crippen LogP contribution is 2.54. The second-order valence-electron chi connectivity index (χ2n) is 8.27. The van der Waals surface area contributed by atoms with Gasteiger partial charge in [0.25, 0.3) is 17.6 Å². The zero-order chi connectivity index (χ0) is 29.3. The molecule has 39 heavy (non-hydrogen) atoms. The highest BCUT2D eigenvalue weighted by atomic mass is 32.1. The number of thiazole rings is 1. The molecule has 0 fully saturated rings. The largest absolute Gasteiger partial charge is 0.504 e. The summed E-state index contributed by atoms with van der Waals surface area (Å²) in [7, 11) is 1.02. The minimum atomic E-state index is -4.29. The molecule has 1 aromatic heterocycles. The van der Waals surface area contributed by atoms with Crippen molar-refractivity contribution in [2.75, 3.05) is 18.2 Å². The minimum Gasteiger partial charge on any atom is -0.504 e. The Kier molecular flexibility index (Phi) is 8.22. The highest BCUT2D eigenvalue weighted by Gasteiger charge is 2.58. The zero-order valence-corrected chi connectivity index (χ0v) is 20.8. The van der Waals surface area contributed by atoms with Crippen LogP contribution < -0.4 is 16.4 Å². The monoisotopic (exact) mass is 570 g/mol. The number of phenolic OH excluding ortho intramolecular Hbond substituents is 4. The molecule has 2 aromatic carbocycles. The van der Waals surface area contributed by atoms with Gasteiger partial charge in [-0.15, -0.1) is 11.3 Å². The number of anilines is 2. The van der Waals surface area contributed by atoms with E-state index in [0.717, 1.165) is 18.4 Å². The fourth-order valence-corrected chi connectivity index (χ4v) is 4.21. The number of methoxy groups -OCH3 is 1. The van der Waals surface area contributed by atoms with E-state index in [1.807, 2.05) is 5.32 Å². The maximum atomic E-state index is 12.3. The van der Waals surface area contributed by atoms with Crippen LogP contribution >= 0.6 is 11.3 Å². The van der Waals surface area contributed by atoms with Gasteiger partial charge in [-0.05, 0) is 5.56 Å². The average molecular weight is 571 g/mol. The van der Waals surface area contributed by atoms with Crippen molar-refractivity contribution >= 4 is 28.1 Å². The molecule has 0 spiro atoms. The Labute approximate surface area is 223 Å². The summed E-state index contributed by atoms with van der Waals surface area (Å²) in [6.45, 7) is 0. The number of carbonyl (C=O) groups excluding carboxylic acids is 1. The van der Waals surface area contributed by atoms with Gasteiger partial charge >= 0.3 is 0 Å². The van der Waals surface area contributed by atoms with E-state index >= 15 is 0 Å². The van der Waals surface area contributed by atoms with Crippen LogP contribution in [0.5, 0.6) is 23.0 Å². The first-order valence-electron chi connectivity index (χ1n) is 10.7. The van der Waals surface area contributed by atoms with Gasteiger partial charge in [-0.3, -0.25) is 4.79 Å². The number of nitrogens with zero attached hydrogens (tertiary/aromatic N) is 1. The summed E-state index contributed by atoms with van der Waals surface area (Å²) in [6.07, 6.45) is -2.19. The number of nitrogen functional groups attached to an aromatic ring is 1. The topological polar surface area (TPSA) is 292 Å². The average Bonchev–Trinajstić information content (AvgIpc) is 3.25. The molecule has 14 N–H and O–H groups in total. The number of nitrogens with one attached hydrogen (secondary N) is 2. The maximum absolute atomic E-state index is 12.3. The summed E-state index contributed by atoms with van der Waals surface area (Å²) in [5, 5.41) is 109. The van der Waals surface area contributed by atoms with Gasteiger partial charge in [-0.1, -0.05) is 30.3 Å². The minimum absolute atomic E-state index is 0.0798. The molecular formula is C22H26N4O12S. The molecule has 1 unspecified atom stereocenters. The summed E-state index contributed by atoms with van der Waals surface area (Å²) in [5.41, 5.74) is 3.07. The third kappa shape index (κ3) is 5.81. The molecule has 3 aromatic rings. The standard InChI is InChI=1S/C22H26N4O12S/c1-38-18(9-5-3-2-4-6-9)21(34,35)26-22(36,37)20(32,33)12-14(28)16(30)13(17(31)15(12)29)25-11(27)7-10-8-39-19(23)24-10/h2-6,8,18,26,28-37H,7H2,1H3,(H2,23,24)(H,25,27). The van der Waals surface area contributed by atoms with E-state index in [1.165, 1.54) is 35.0 Å². The Hall–Kier alpha value is -3.78. The predicted octanol–water partition coefficient (Wildman–Crippen LogP) is -1.88. The van der Waals surface area contributed by atoms with E-state index in [-0.39, 0.29) is 16.4 Å². The molecule has 0 radical (unpaired) electrons. The van der Waals surface area contributed by atoms with Gasteiger partial charge < -0.3 is 66.9 Å². The molecular weight excluding hydrogens is 544 g/mol. The van der Waals surface area contributed by atoms with Gasteiger partial charge in [-0.2, -0.15) is 0 Å². The van der Waals surface area contributed by atoms with Crippen LogP contribution in [0.25, 0.3) is 0 Å². The summed E-state index contributed by atoms with van der Waals surface area (Å²) in [4.78, 5) is 16.1. The molecule has 1 amide bonds. The van der Waals surface area contributed by atoms with Gasteiger partial charge in [0.1, 0.15) is 11.3 Å². The van der Waals surface area contributed by atoms with Crippen molar-refractivity contribution in [3.63, 3.8) is 0 Å². The smallest absolute Gasteiger partial charge is 0.288 e. The molecule has 0 bridgehead atoms. The Morgan fingerprint density at radius 2 is 1.56 bits per heavy atom. The lowest BCUT2D eigenvalue weighted by Crippen LogP contribution is -2.69. The second kappa shape index (κ2) is 10.8. The van der Waals surface area contributed by atoms with Crippen LogP contribution in [0.2, 0.25) is 0 Å². The van der Waals surface area contributed by atoms with Gasteiger partial charge in [0.15, 0.2) is 34.2 Å². The number of ether oxygens (including phenoxy) is 1. The number of rotatable bonds is 10. The van der Waals surface area contributed by atoms with E-state index in [1.54, 1.807) is 6.07 Å². The Morgan fingerprint density at radius 3 is 2.05 bits per heavy atom. The van der Waals surface area contributed by atoms with Crippen molar-refractivity contribution in [1.82, 2.24) is 10.3 Å². The van der Waals surface area contributed by atoms with Gasteiger partial charge in [0.2, 0.25) is 5.91 Å². The van der Waals surface area contributed by atoms with E-state index in [9.17, 15) is 55.9 Å². The second-order valence-corrected chi connectivity index (χ2v) is 9.16. The van der Waals surface area contributed by atoms with Crippen LogP contribution in [-0.2, 0) is 21.7 Å². The summed E-state index contributed by atoms with van der Waals surface area (Å²) in [6, 6.07) is 7.28. The zero-order valence-electron chi connectivity index (χ0n) is 20.0. The number of hydrogen-bond donors (Lipinski definition) is 13. The number of aromatic nitrogens is 1. The number of benzene rings is 2. The van der Waals surface area contributed by atoms with E-state index in [2.05, 4.69) is 4.98 Å². The Bertz CT molecular complexity index is 1320. The van der Waals surface area contributed by atoms with Crippen LogP contribution in [0.15, 0.2) is 35.7 Å². The Balaban J connectivity index is 1.96. The summed E-state index contributed by atoms with van der Waals surface area (Å²) >= 11 is 1.03. The third-order valence-electron chi connectivity index (χ3n) is 5.47. The number of amides is 1. The molecule has 1 atom stereocenters. The van der Waals surface area contributed by atoms with Crippen molar-refractivity contribution in [2.45, 2.75) is 30.1 Å². The number of aromatic hydroxyl groups is 4. The van der Waals surface area contributed by atoms with Gasteiger partial charge in [-0.25, -0.2) is 10.3 Å². The van der Waals surface area contributed by atoms with Crippen LogP contribution in [0.4, 0.5) is 10.8 Å². The summed E-state index contributed by atoms with van der Waals surface area (Å²) < 4.78 is 4.97. The molecule has 1 heterocycles. The number of hydrogen-bond acceptors (Lipinski definition) is 16. The first kappa shape index (κ1) is 29.8. The fourth-order valence-electron chi connectivity index (χ4n) is 3.64. The lowest BCUT2D eigenvalue weighted by Gasteiger charge is -2.41. The van der Waals surface area contributed by atoms with E-state index < -0.39 is 70.3 Å². The molecule has 3 rings (SSSR count). The number of carbonyl (C=O) groups is 1. The van der Waals surface area contributed by atoms with Crippen molar-refractivity contribution in [2.24, 2.45) is 0 Å².